The summed E-state index contributed by atoms with van der Waals surface area (Å²) in [4.78, 5) is 22.6. The van der Waals surface area contributed by atoms with Gasteiger partial charge in [-0.1, -0.05) is 0 Å². The van der Waals surface area contributed by atoms with E-state index in [4.69, 9.17) is 9.52 Å². The molecule has 0 bridgehead atoms. The summed E-state index contributed by atoms with van der Waals surface area (Å²) in [7, 11) is 0. The van der Waals surface area contributed by atoms with Gasteiger partial charge in [-0.2, -0.15) is 0 Å². The Balaban J connectivity index is 1.83. The number of furan rings is 1. The Morgan fingerprint density at radius 1 is 1.47 bits per heavy atom. The van der Waals surface area contributed by atoms with Gasteiger partial charge in [0, 0.05) is 6.04 Å². The normalized spacial score (nSPS) is 17.5. The molecule has 1 aromatic heterocycles. The molecule has 2 amide bonds. The highest BCUT2D eigenvalue weighted by molar-refractivity contribution is 5.76. The highest BCUT2D eigenvalue weighted by Crippen LogP contribution is 2.34. The van der Waals surface area contributed by atoms with Crippen LogP contribution in [-0.4, -0.2) is 23.1 Å². The lowest BCUT2D eigenvalue weighted by Crippen LogP contribution is -2.44. The van der Waals surface area contributed by atoms with E-state index in [1.807, 2.05) is 6.92 Å². The van der Waals surface area contributed by atoms with Crippen molar-refractivity contribution in [2.45, 2.75) is 38.3 Å². The molecule has 19 heavy (non-hydrogen) atoms. The number of urea groups is 1. The van der Waals surface area contributed by atoms with Crippen LogP contribution in [0.25, 0.3) is 0 Å². The van der Waals surface area contributed by atoms with Gasteiger partial charge in [-0.15, -0.1) is 0 Å². The minimum atomic E-state index is -0.892. The summed E-state index contributed by atoms with van der Waals surface area (Å²) in [6.45, 7) is 1.81. The second-order valence-electron chi connectivity index (χ2n) is 4.90. The van der Waals surface area contributed by atoms with Crippen molar-refractivity contribution >= 4 is 12.0 Å². The second-order valence-corrected chi connectivity index (χ2v) is 4.90. The summed E-state index contributed by atoms with van der Waals surface area (Å²) in [5.41, 5.74) is 0. The van der Waals surface area contributed by atoms with Gasteiger partial charge in [-0.05, 0) is 37.8 Å². The van der Waals surface area contributed by atoms with Gasteiger partial charge in [0.1, 0.15) is 5.76 Å². The maximum absolute atomic E-state index is 11.8. The van der Waals surface area contributed by atoms with Crippen LogP contribution in [-0.2, 0) is 4.79 Å². The molecule has 6 nitrogen and oxygen atoms in total. The lowest BCUT2D eigenvalue weighted by molar-refractivity contribution is -0.137. The van der Waals surface area contributed by atoms with Crippen LogP contribution in [0.1, 0.15) is 38.0 Å². The molecule has 1 aromatic rings. The predicted molar refractivity (Wildman–Crippen MR) is 67.6 cm³/mol. The number of carboxylic acid groups (broad SMARTS) is 1. The fourth-order valence-corrected chi connectivity index (χ4v) is 2.04. The Bertz CT molecular complexity index is 440. The summed E-state index contributed by atoms with van der Waals surface area (Å²) in [5.74, 6) is 0.0633. The van der Waals surface area contributed by atoms with Crippen molar-refractivity contribution in [2.75, 3.05) is 0 Å². The fraction of sp³-hybridized carbons (Fsp3) is 0.538. The molecule has 1 aliphatic carbocycles. The van der Waals surface area contributed by atoms with E-state index in [0.29, 0.717) is 11.7 Å². The number of nitrogens with one attached hydrogen (secondary N) is 2. The summed E-state index contributed by atoms with van der Waals surface area (Å²) in [6.07, 6.45) is 3.47. The first kappa shape index (κ1) is 13.5. The molecule has 1 saturated carbocycles. The third-order valence-corrected chi connectivity index (χ3v) is 3.22. The first-order chi connectivity index (χ1) is 9.06. The lowest BCUT2D eigenvalue weighted by atomic mass is 10.1. The van der Waals surface area contributed by atoms with Gasteiger partial charge in [0.25, 0.3) is 0 Å². The average molecular weight is 266 g/mol. The molecule has 0 radical (unpaired) electrons. The lowest BCUT2D eigenvalue weighted by Gasteiger charge is -2.18. The molecule has 1 fully saturated rings. The Labute approximate surface area is 111 Å². The minimum absolute atomic E-state index is 0.0345. The van der Waals surface area contributed by atoms with Crippen molar-refractivity contribution in [3.8, 4) is 0 Å². The molecule has 2 rings (SSSR count). The molecule has 0 aromatic carbocycles. The molecule has 2 atom stereocenters. The van der Waals surface area contributed by atoms with Crippen molar-refractivity contribution in [3.05, 3.63) is 24.2 Å². The SMILES string of the molecule is CC(NC(=O)NC(CC(=O)O)C1CC1)c1ccco1. The molecule has 104 valence electrons. The van der Waals surface area contributed by atoms with Gasteiger partial charge in [0.15, 0.2) is 0 Å². The van der Waals surface area contributed by atoms with Gasteiger partial charge in [0.2, 0.25) is 0 Å². The molecular weight excluding hydrogens is 248 g/mol. The molecule has 3 N–H and O–H groups in total. The monoisotopic (exact) mass is 266 g/mol. The molecule has 0 saturated heterocycles. The van der Waals surface area contributed by atoms with Crippen molar-refractivity contribution in [1.29, 1.82) is 0 Å². The zero-order valence-electron chi connectivity index (χ0n) is 10.8. The third kappa shape index (κ3) is 4.01. The van der Waals surface area contributed by atoms with Crippen LogP contribution in [0, 0.1) is 5.92 Å². The van der Waals surface area contributed by atoms with E-state index < -0.39 is 5.97 Å². The molecule has 1 heterocycles. The zero-order valence-corrected chi connectivity index (χ0v) is 10.8. The number of aliphatic carboxylic acids is 1. The van der Waals surface area contributed by atoms with Crippen LogP contribution in [0.3, 0.4) is 0 Å². The van der Waals surface area contributed by atoms with Gasteiger partial charge >= 0.3 is 12.0 Å². The Morgan fingerprint density at radius 2 is 2.21 bits per heavy atom. The number of carbonyl (C=O) groups excluding carboxylic acids is 1. The maximum atomic E-state index is 11.8. The number of carboxylic acids is 1. The molecule has 0 spiro atoms. The molecule has 6 heteroatoms. The van der Waals surface area contributed by atoms with Gasteiger partial charge in [-0.25, -0.2) is 4.79 Å². The van der Waals surface area contributed by atoms with Crippen LogP contribution < -0.4 is 10.6 Å². The van der Waals surface area contributed by atoms with E-state index in [1.165, 1.54) is 0 Å². The van der Waals surface area contributed by atoms with Crippen molar-refractivity contribution in [1.82, 2.24) is 10.6 Å². The maximum Gasteiger partial charge on any atom is 0.315 e. The molecule has 0 aliphatic heterocycles. The number of hydrogen-bond donors (Lipinski definition) is 3. The largest absolute Gasteiger partial charge is 0.481 e. The van der Waals surface area contributed by atoms with Gasteiger partial charge in [-0.3, -0.25) is 4.79 Å². The minimum Gasteiger partial charge on any atom is -0.481 e. The number of amides is 2. The first-order valence-corrected chi connectivity index (χ1v) is 6.38. The molecular formula is C13H18N2O4. The summed E-state index contributed by atoms with van der Waals surface area (Å²) < 4.78 is 5.19. The smallest absolute Gasteiger partial charge is 0.315 e. The number of hydrogen-bond acceptors (Lipinski definition) is 3. The second kappa shape index (κ2) is 5.77. The molecule has 2 unspecified atom stereocenters. The zero-order chi connectivity index (χ0) is 13.8. The fourth-order valence-electron chi connectivity index (χ4n) is 2.04. The van der Waals surface area contributed by atoms with Crippen LogP contribution in [0.4, 0.5) is 4.79 Å². The van der Waals surface area contributed by atoms with Gasteiger partial charge < -0.3 is 20.2 Å². The summed E-state index contributed by atoms with van der Waals surface area (Å²) >= 11 is 0. The Hall–Kier alpha value is -1.98. The quantitative estimate of drug-likeness (QED) is 0.733. The van der Waals surface area contributed by atoms with Crippen molar-refractivity contribution in [2.24, 2.45) is 5.92 Å². The van der Waals surface area contributed by atoms with Crippen molar-refractivity contribution < 1.29 is 19.1 Å². The van der Waals surface area contributed by atoms with E-state index in [0.717, 1.165) is 12.8 Å². The van der Waals surface area contributed by atoms with E-state index >= 15 is 0 Å². The van der Waals surface area contributed by atoms with Crippen LogP contribution >= 0.6 is 0 Å². The van der Waals surface area contributed by atoms with E-state index in [9.17, 15) is 9.59 Å². The van der Waals surface area contributed by atoms with Gasteiger partial charge in [0.05, 0.1) is 18.7 Å². The van der Waals surface area contributed by atoms with Crippen LogP contribution in [0.2, 0.25) is 0 Å². The molecule has 1 aliphatic rings. The highest BCUT2D eigenvalue weighted by atomic mass is 16.4. The van der Waals surface area contributed by atoms with E-state index in [1.54, 1.807) is 18.4 Å². The highest BCUT2D eigenvalue weighted by Gasteiger charge is 2.33. The topological polar surface area (TPSA) is 91.6 Å². The number of rotatable bonds is 6. The number of carbonyl (C=O) groups is 2. The summed E-state index contributed by atoms with van der Waals surface area (Å²) in [5, 5.41) is 14.3. The third-order valence-electron chi connectivity index (χ3n) is 3.22. The standard InChI is InChI=1S/C13H18N2O4/c1-8(11-3-2-6-19-11)14-13(18)15-10(7-12(16)17)9-4-5-9/h2-3,6,8-10H,4-5,7H2,1H3,(H,16,17)(H2,14,15,18). The van der Waals surface area contributed by atoms with Crippen LogP contribution in [0.15, 0.2) is 22.8 Å². The Kier molecular flexibility index (Phi) is 4.09. The van der Waals surface area contributed by atoms with E-state index in [-0.39, 0.29) is 24.5 Å². The van der Waals surface area contributed by atoms with Crippen molar-refractivity contribution in [3.63, 3.8) is 0 Å². The predicted octanol–water partition coefficient (Wildman–Crippen LogP) is 1.89. The first-order valence-electron chi connectivity index (χ1n) is 6.38. The van der Waals surface area contributed by atoms with E-state index in [2.05, 4.69) is 10.6 Å². The Morgan fingerprint density at radius 3 is 2.74 bits per heavy atom. The van der Waals surface area contributed by atoms with Crippen LogP contribution in [0.5, 0.6) is 0 Å². The summed E-state index contributed by atoms with van der Waals surface area (Å²) in [6, 6.07) is 2.63. The average Bonchev–Trinajstić information content (AvgIpc) is 3.02.